The summed E-state index contributed by atoms with van der Waals surface area (Å²) >= 11 is 0. The van der Waals surface area contributed by atoms with Gasteiger partial charge in [-0.3, -0.25) is 0 Å². The van der Waals surface area contributed by atoms with Crippen molar-refractivity contribution in [1.82, 2.24) is 9.88 Å². The van der Waals surface area contributed by atoms with E-state index < -0.39 is 0 Å². The Balaban J connectivity index is 1.69. The molecule has 1 fully saturated rings. The molecule has 0 N–H and O–H groups in total. The van der Waals surface area contributed by atoms with E-state index >= 15 is 0 Å². The van der Waals surface area contributed by atoms with Gasteiger partial charge in [0, 0.05) is 25.8 Å². The lowest BCUT2D eigenvalue weighted by Gasteiger charge is -2.29. The lowest BCUT2D eigenvalue weighted by atomic mass is 9.93. The van der Waals surface area contributed by atoms with Gasteiger partial charge in [-0.2, -0.15) is 0 Å². The first-order valence-corrected chi connectivity index (χ1v) is 9.08. The zero-order valence-electron chi connectivity index (χ0n) is 15.5. The number of anilines is 1. The fourth-order valence-electron chi connectivity index (χ4n) is 3.94. The van der Waals surface area contributed by atoms with E-state index in [0.717, 1.165) is 42.9 Å². The number of fused-ring (bicyclic) bond motifs is 1. The summed E-state index contributed by atoms with van der Waals surface area (Å²) in [6.07, 6.45) is 7.62. The van der Waals surface area contributed by atoms with E-state index in [1.165, 1.54) is 0 Å². The minimum atomic E-state index is -0.292. The van der Waals surface area contributed by atoms with E-state index in [0.29, 0.717) is 17.5 Å². The number of hydrogen-bond donors (Lipinski definition) is 0. The number of rotatable bonds is 3. The lowest BCUT2D eigenvalue weighted by Crippen LogP contribution is -2.37. The van der Waals surface area contributed by atoms with Crippen LogP contribution in [0.3, 0.4) is 0 Å². The maximum Gasteiger partial charge on any atom is 0.343 e. The third-order valence-electron chi connectivity index (χ3n) is 5.43. The van der Waals surface area contributed by atoms with Crippen molar-refractivity contribution in [2.24, 2.45) is 4.99 Å². The molecule has 0 aromatic carbocycles. The van der Waals surface area contributed by atoms with Crippen molar-refractivity contribution in [3.63, 3.8) is 0 Å². The van der Waals surface area contributed by atoms with Crippen molar-refractivity contribution in [2.45, 2.75) is 31.8 Å². The number of likely N-dealkylation sites (tertiary alicyclic amines) is 1. The van der Waals surface area contributed by atoms with Gasteiger partial charge in [0.15, 0.2) is 0 Å². The average Bonchev–Trinajstić information content (AvgIpc) is 3.07. The molecule has 1 saturated heterocycles. The third kappa shape index (κ3) is 2.94. The number of nitrogens with zero attached hydrogens (tertiary/aromatic N) is 4. The molecular weight excluding hydrogens is 328 g/mol. The number of aromatic nitrogens is 1. The second-order valence-corrected chi connectivity index (χ2v) is 7.26. The van der Waals surface area contributed by atoms with Crippen LogP contribution in [0.25, 0.3) is 0 Å². The van der Waals surface area contributed by atoms with Gasteiger partial charge in [0.2, 0.25) is 5.90 Å². The number of ether oxygens (including phenoxy) is 1. The van der Waals surface area contributed by atoms with Gasteiger partial charge in [0.1, 0.15) is 5.82 Å². The molecule has 3 aliphatic rings. The first-order valence-electron chi connectivity index (χ1n) is 9.08. The first-order chi connectivity index (χ1) is 12.5. The summed E-state index contributed by atoms with van der Waals surface area (Å²) in [5.74, 6) is 0.905. The highest BCUT2D eigenvalue weighted by Gasteiger charge is 2.34. The maximum atomic E-state index is 12.6. The number of cyclic esters (lactones) is 1. The Hall–Kier alpha value is -2.47. The molecule has 1 aromatic heterocycles. The van der Waals surface area contributed by atoms with E-state index in [4.69, 9.17) is 9.73 Å². The van der Waals surface area contributed by atoms with Crippen molar-refractivity contribution in [3.8, 4) is 0 Å². The summed E-state index contributed by atoms with van der Waals surface area (Å²) in [4.78, 5) is 26.4. The van der Waals surface area contributed by atoms with Crippen molar-refractivity contribution in [3.05, 3.63) is 47.2 Å². The number of pyridine rings is 1. The molecule has 0 radical (unpaired) electrons. The van der Waals surface area contributed by atoms with Crippen LogP contribution in [0.15, 0.2) is 46.6 Å². The van der Waals surface area contributed by atoms with E-state index in [1.54, 1.807) is 6.20 Å². The molecule has 2 atom stereocenters. The molecule has 0 amide bonds. The Morgan fingerprint density at radius 1 is 1.38 bits per heavy atom. The summed E-state index contributed by atoms with van der Waals surface area (Å²) in [7, 11) is 4.19. The molecule has 0 bridgehead atoms. The normalized spacial score (nSPS) is 25.8. The number of esters is 1. The summed E-state index contributed by atoms with van der Waals surface area (Å²) in [5.41, 5.74) is 2.39. The van der Waals surface area contributed by atoms with Crippen molar-refractivity contribution in [1.29, 1.82) is 0 Å². The molecule has 1 aliphatic carbocycles. The molecule has 3 heterocycles. The minimum absolute atomic E-state index is 0.160. The van der Waals surface area contributed by atoms with Gasteiger partial charge in [-0.1, -0.05) is 12.2 Å². The predicted molar refractivity (Wildman–Crippen MR) is 101 cm³/mol. The van der Waals surface area contributed by atoms with E-state index in [-0.39, 0.29) is 12.0 Å². The predicted octanol–water partition coefficient (Wildman–Crippen LogP) is 2.17. The molecular formula is C20H24N4O2. The molecule has 0 saturated carbocycles. The number of carbonyl (C=O) groups is 1. The van der Waals surface area contributed by atoms with Crippen molar-refractivity contribution >= 4 is 17.7 Å². The summed E-state index contributed by atoms with van der Waals surface area (Å²) in [5, 5.41) is 0. The van der Waals surface area contributed by atoms with Gasteiger partial charge >= 0.3 is 5.97 Å². The number of carbonyl (C=O) groups excluding carboxylic acids is 1. The molecule has 6 nitrogen and oxygen atoms in total. The summed E-state index contributed by atoms with van der Waals surface area (Å²) in [6.45, 7) is 4.01. The Bertz CT molecular complexity index is 827. The number of hydrogen-bond acceptors (Lipinski definition) is 6. The lowest BCUT2D eigenvalue weighted by molar-refractivity contribution is -0.132. The quantitative estimate of drug-likeness (QED) is 0.781. The highest BCUT2D eigenvalue weighted by Crippen LogP contribution is 2.30. The topological polar surface area (TPSA) is 58.0 Å². The van der Waals surface area contributed by atoms with Crippen molar-refractivity contribution < 1.29 is 9.53 Å². The second kappa shape index (κ2) is 6.68. The first kappa shape index (κ1) is 17.0. The molecule has 6 heteroatoms. The van der Waals surface area contributed by atoms with Crippen LogP contribution in [-0.4, -0.2) is 61.0 Å². The average molecular weight is 352 g/mol. The van der Waals surface area contributed by atoms with Crippen LogP contribution < -0.4 is 4.90 Å². The van der Waals surface area contributed by atoms with Crippen LogP contribution in [-0.2, 0) is 9.53 Å². The molecule has 0 spiro atoms. The van der Waals surface area contributed by atoms with Crippen LogP contribution in [0.5, 0.6) is 0 Å². The van der Waals surface area contributed by atoms with E-state index in [9.17, 15) is 4.79 Å². The Morgan fingerprint density at radius 3 is 3.00 bits per heavy atom. The van der Waals surface area contributed by atoms with Crippen LogP contribution in [0.1, 0.15) is 25.3 Å². The van der Waals surface area contributed by atoms with Gasteiger partial charge < -0.3 is 14.5 Å². The third-order valence-corrected chi connectivity index (χ3v) is 5.43. The molecule has 1 aromatic rings. The van der Waals surface area contributed by atoms with Crippen LogP contribution in [0.4, 0.5) is 5.82 Å². The SMILES string of the molecule is CC1=C2C(=O)OC(c3cccnc3N(C)C3CCN(C)C3)=NC2CC=C1. The van der Waals surface area contributed by atoms with Gasteiger partial charge in [-0.05, 0) is 51.1 Å². The zero-order valence-corrected chi connectivity index (χ0v) is 15.5. The second-order valence-electron chi connectivity index (χ2n) is 7.26. The summed E-state index contributed by atoms with van der Waals surface area (Å²) in [6, 6.07) is 4.03. The van der Waals surface area contributed by atoms with Crippen molar-refractivity contribution in [2.75, 3.05) is 32.1 Å². The highest BCUT2D eigenvalue weighted by molar-refractivity contribution is 6.10. The Labute approximate surface area is 153 Å². The molecule has 136 valence electrons. The monoisotopic (exact) mass is 352 g/mol. The Morgan fingerprint density at radius 2 is 2.23 bits per heavy atom. The van der Waals surface area contributed by atoms with E-state index in [1.807, 2.05) is 25.1 Å². The number of aliphatic imine (C=N–C) groups is 1. The molecule has 2 aliphatic heterocycles. The minimum Gasteiger partial charge on any atom is -0.404 e. The van der Waals surface area contributed by atoms with Crippen LogP contribution >= 0.6 is 0 Å². The Kier molecular flexibility index (Phi) is 4.36. The number of allylic oxidation sites excluding steroid dienone is 2. The van der Waals surface area contributed by atoms with Gasteiger partial charge in [-0.15, -0.1) is 0 Å². The largest absolute Gasteiger partial charge is 0.404 e. The standard InChI is InChI=1S/C20H24N4O2/c1-13-6-4-8-16-17(13)20(25)26-19(22-16)15-7-5-10-21-18(15)24(3)14-9-11-23(2)12-14/h4-7,10,14,16H,8-9,11-12H2,1-3H3. The molecule has 2 unspecified atom stereocenters. The fraction of sp³-hybridized carbons (Fsp3) is 0.450. The van der Waals surface area contributed by atoms with Crippen LogP contribution in [0.2, 0.25) is 0 Å². The van der Waals surface area contributed by atoms with Gasteiger partial charge in [0.05, 0.1) is 17.2 Å². The molecule has 26 heavy (non-hydrogen) atoms. The maximum absolute atomic E-state index is 12.6. The smallest absolute Gasteiger partial charge is 0.343 e. The zero-order chi connectivity index (χ0) is 18.3. The fourth-order valence-corrected chi connectivity index (χ4v) is 3.94. The van der Waals surface area contributed by atoms with E-state index in [2.05, 4.69) is 35.0 Å². The van der Waals surface area contributed by atoms with Gasteiger partial charge in [-0.25, -0.2) is 14.8 Å². The van der Waals surface area contributed by atoms with Crippen LogP contribution in [0, 0.1) is 0 Å². The summed E-state index contributed by atoms with van der Waals surface area (Å²) < 4.78 is 5.63. The van der Waals surface area contributed by atoms with Gasteiger partial charge in [0.25, 0.3) is 0 Å². The highest BCUT2D eigenvalue weighted by atomic mass is 16.5. The molecule has 4 rings (SSSR count). The number of likely N-dealkylation sites (N-methyl/N-ethyl adjacent to an activating group) is 2.